The number of anilines is 2. The highest BCUT2D eigenvalue weighted by Gasteiger charge is 2.51. The molecule has 2 aliphatic rings. The summed E-state index contributed by atoms with van der Waals surface area (Å²) in [4.78, 5) is 15.5. The molecular formula is C23H20F3N3O5S2. The number of amides is 1. The number of carbonyl (C=O) groups is 1. The second kappa shape index (κ2) is 8.43. The van der Waals surface area contributed by atoms with E-state index in [0.29, 0.717) is 6.07 Å². The van der Waals surface area contributed by atoms with Gasteiger partial charge in [-0.1, -0.05) is 0 Å². The summed E-state index contributed by atoms with van der Waals surface area (Å²) in [5.74, 6) is -1.06. The zero-order valence-electron chi connectivity index (χ0n) is 19.2. The third-order valence-electron chi connectivity index (χ3n) is 6.08. The topological polar surface area (TPSA) is 111 Å². The summed E-state index contributed by atoms with van der Waals surface area (Å²) >= 11 is 5.49. The van der Waals surface area contributed by atoms with Crippen LogP contribution in [0.5, 0.6) is 5.75 Å². The number of nitriles is 1. The van der Waals surface area contributed by atoms with Crippen molar-refractivity contribution in [1.82, 2.24) is 0 Å². The molecule has 36 heavy (non-hydrogen) atoms. The Kier molecular flexibility index (Phi) is 6.06. The number of nitrogens with zero attached hydrogens (tertiary/aromatic N) is 3. The fraction of sp³-hybridized carbons (Fsp3) is 0.348. The minimum Gasteiger partial charge on any atom is -0.485 e. The summed E-state index contributed by atoms with van der Waals surface area (Å²) in [7, 11) is -3.86. The van der Waals surface area contributed by atoms with Gasteiger partial charge in [0.15, 0.2) is 14.9 Å². The molecule has 0 aromatic heterocycles. The van der Waals surface area contributed by atoms with Crippen LogP contribution in [0.2, 0.25) is 0 Å². The Morgan fingerprint density at radius 1 is 1.22 bits per heavy atom. The first-order valence-corrected chi connectivity index (χ1v) is 12.7. The second-order valence-corrected chi connectivity index (χ2v) is 11.3. The molecule has 190 valence electrons. The molecule has 1 saturated heterocycles. The number of fused-ring (bicyclic) bond motifs is 1. The number of aliphatic hydroxyl groups is 1. The molecule has 2 heterocycles. The third-order valence-corrected chi connectivity index (χ3v) is 8.20. The molecule has 2 aromatic rings. The van der Waals surface area contributed by atoms with Crippen molar-refractivity contribution in [3.63, 3.8) is 0 Å². The summed E-state index contributed by atoms with van der Waals surface area (Å²) in [5, 5.41) is 18.7. The molecule has 1 N–H and O–H groups in total. The van der Waals surface area contributed by atoms with Crippen molar-refractivity contribution in [2.45, 2.75) is 49.6 Å². The molecule has 2 aromatic carbocycles. The van der Waals surface area contributed by atoms with Gasteiger partial charge in [-0.2, -0.15) is 18.4 Å². The number of halogens is 3. The van der Waals surface area contributed by atoms with Crippen LogP contribution in [0.1, 0.15) is 31.9 Å². The second-order valence-electron chi connectivity index (χ2n) is 8.97. The van der Waals surface area contributed by atoms with Gasteiger partial charge in [0.1, 0.15) is 22.3 Å². The van der Waals surface area contributed by atoms with Crippen molar-refractivity contribution in [2.75, 3.05) is 15.6 Å². The van der Waals surface area contributed by atoms with E-state index in [9.17, 15) is 31.5 Å². The summed E-state index contributed by atoms with van der Waals surface area (Å²) in [6.45, 7) is 4.42. The van der Waals surface area contributed by atoms with E-state index in [1.807, 2.05) is 0 Å². The smallest absolute Gasteiger partial charge is 0.417 e. The average molecular weight is 540 g/mol. The van der Waals surface area contributed by atoms with Crippen LogP contribution in [0.4, 0.5) is 24.5 Å². The predicted octanol–water partition coefficient (Wildman–Crippen LogP) is 3.41. The molecule has 1 amide bonds. The Bertz CT molecular complexity index is 1430. The molecule has 0 aliphatic carbocycles. The van der Waals surface area contributed by atoms with Crippen LogP contribution in [0.3, 0.4) is 0 Å². The van der Waals surface area contributed by atoms with E-state index < -0.39 is 56.5 Å². The van der Waals surface area contributed by atoms with Crippen LogP contribution in [-0.2, 0) is 20.8 Å². The van der Waals surface area contributed by atoms with E-state index in [-0.39, 0.29) is 27.1 Å². The molecule has 8 nitrogen and oxygen atoms in total. The number of carbonyl (C=O) groups excluding carboxylic acids is 1. The molecule has 4 rings (SSSR count). The van der Waals surface area contributed by atoms with Crippen molar-refractivity contribution in [3.8, 4) is 11.8 Å². The highest BCUT2D eigenvalue weighted by atomic mass is 32.2. The number of ether oxygens (including phenoxy) is 1. The Labute approximate surface area is 210 Å². The monoisotopic (exact) mass is 539 g/mol. The molecule has 2 atom stereocenters. The van der Waals surface area contributed by atoms with Crippen molar-refractivity contribution in [2.24, 2.45) is 0 Å². The van der Waals surface area contributed by atoms with Crippen molar-refractivity contribution >= 4 is 44.4 Å². The van der Waals surface area contributed by atoms with E-state index in [1.165, 1.54) is 56.0 Å². The highest BCUT2D eigenvalue weighted by Crippen LogP contribution is 2.42. The normalized spacial score (nSPS) is 21.6. The van der Waals surface area contributed by atoms with Gasteiger partial charge in [-0.25, -0.2) is 8.42 Å². The highest BCUT2D eigenvalue weighted by molar-refractivity contribution is 7.91. The van der Waals surface area contributed by atoms with Crippen LogP contribution in [-0.4, -0.2) is 48.0 Å². The maximum atomic E-state index is 13.5. The molecule has 0 bridgehead atoms. The average Bonchev–Trinajstić information content (AvgIpc) is 2.95. The van der Waals surface area contributed by atoms with Crippen molar-refractivity contribution in [1.29, 1.82) is 5.26 Å². The first kappa shape index (κ1) is 25.9. The van der Waals surface area contributed by atoms with Crippen LogP contribution in [0.15, 0.2) is 41.3 Å². The molecule has 13 heteroatoms. The zero-order valence-corrected chi connectivity index (χ0v) is 20.8. The Morgan fingerprint density at radius 3 is 2.44 bits per heavy atom. The van der Waals surface area contributed by atoms with Gasteiger partial charge in [0, 0.05) is 5.69 Å². The van der Waals surface area contributed by atoms with E-state index in [2.05, 4.69) is 0 Å². The Morgan fingerprint density at radius 2 is 1.86 bits per heavy atom. The van der Waals surface area contributed by atoms with E-state index in [1.54, 1.807) is 0 Å². The molecule has 0 radical (unpaired) electrons. The van der Waals surface area contributed by atoms with Crippen molar-refractivity contribution in [3.05, 3.63) is 47.5 Å². The first-order valence-electron chi connectivity index (χ1n) is 10.6. The number of rotatable bonds is 3. The molecule has 0 spiro atoms. The fourth-order valence-corrected chi connectivity index (χ4v) is 6.38. The lowest BCUT2D eigenvalue weighted by Gasteiger charge is -2.32. The van der Waals surface area contributed by atoms with Gasteiger partial charge in [-0.15, -0.1) is 0 Å². The number of benzene rings is 2. The SMILES string of the molecule is C[C@@H](O)[C@@H]1CS(=O)(=O)c2cc(N3C(=S)N(c4ccc(C#N)c(C(F)(F)F)c4)C(=O)C3(C)C)ccc2O1. The standard InChI is InChI=1S/C23H20F3N3O5S2/c1-12(30)18-11-36(32,33)19-9-15(6-7-17(19)34-18)29-21(35)28(20(31)22(29,2)3)14-5-4-13(10-27)16(8-14)23(24,25)26/h4-9,12,18,30H,11H2,1-3H3/t12-,18+/m1/s1. The molecule has 0 unspecified atom stereocenters. The van der Waals surface area contributed by atoms with E-state index in [0.717, 1.165) is 11.0 Å². The number of alkyl halides is 3. The third kappa shape index (κ3) is 4.08. The zero-order chi connectivity index (χ0) is 26.8. The van der Waals surface area contributed by atoms with Gasteiger partial charge in [-0.05, 0) is 69.4 Å². The predicted molar refractivity (Wildman–Crippen MR) is 127 cm³/mol. The molecule has 0 saturated carbocycles. The molecule has 1 fully saturated rings. The summed E-state index contributed by atoms with van der Waals surface area (Å²) in [6.07, 6.45) is -6.82. The minimum absolute atomic E-state index is 0.0314. The lowest BCUT2D eigenvalue weighted by molar-refractivity contribution is -0.137. The lowest BCUT2D eigenvalue weighted by atomic mass is 10.0. The van der Waals surface area contributed by atoms with Gasteiger partial charge >= 0.3 is 6.18 Å². The summed E-state index contributed by atoms with van der Waals surface area (Å²) < 4.78 is 71.9. The molecular weight excluding hydrogens is 519 g/mol. The Balaban J connectivity index is 1.79. The van der Waals surface area contributed by atoms with Crippen LogP contribution in [0.25, 0.3) is 0 Å². The summed E-state index contributed by atoms with van der Waals surface area (Å²) in [6, 6.07) is 8.47. The van der Waals surface area contributed by atoms with Gasteiger partial charge in [0.2, 0.25) is 0 Å². The fourth-order valence-electron chi connectivity index (χ4n) is 4.18. The number of thiocarbonyl (C=S) groups is 1. The number of sulfone groups is 1. The quantitative estimate of drug-likeness (QED) is 0.591. The summed E-state index contributed by atoms with van der Waals surface area (Å²) in [5.41, 5.74) is -3.17. The minimum atomic E-state index is -4.84. The van der Waals surface area contributed by atoms with Gasteiger partial charge in [0.25, 0.3) is 5.91 Å². The van der Waals surface area contributed by atoms with E-state index >= 15 is 0 Å². The van der Waals surface area contributed by atoms with Gasteiger partial charge in [-0.3, -0.25) is 9.69 Å². The van der Waals surface area contributed by atoms with Crippen LogP contribution in [0, 0.1) is 11.3 Å². The largest absolute Gasteiger partial charge is 0.485 e. The van der Waals surface area contributed by atoms with Gasteiger partial charge < -0.3 is 14.7 Å². The maximum Gasteiger partial charge on any atom is 0.417 e. The van der Waals surface area contributed by atoms with Crippen LogP contribution >= 0.6 is 12.2 Å². The number of hydrogen-bond acceptors (Lipinski definition) is 7. The number of hydrogen-bond donors (Lipinski definition) is 1. The maximum absolute atomic E-state index is 13.5. The van der Waals surface area contributed by atoms with Crippen molar-refractivity contribution < 1.29 is 36.2 Å². The van der Waals surface area contributed by atoms with Gasteiger partial charge in [0.05, 0.1) is 34.7 Å². The molecule has 2 aliphatic heterocycles. The lowest BCUT2D eigenvalue weighted by Crippen LogP contribution is -2.44. The van der Waals surface area contributed by atoms with E-state index in [4.69, 9.17) is 22.2 Å². The Hall–Kier alpha value is -3.21. The van der Waals surface area contributed by atoms with Crippen LogP contribution < -0.4 is 14.5 Å². The number of aliphatic hydroxyl groups excluding tert-OH is 1. The first-order chi connectivity index (χ1) is 16.6.